The van der Waals surface area contributed by atoms with Crippen molar-refractivity contribution in [3.8, 4) is 0 Å². The first-order valence-electron chi connectivity index (χ1n) is 5.51. The number of urea groups is 1. The minimum absolute atomic E-state index is 0.0318. The van der Waals surface area contributed by atoms with Crippen LogP contribution in [0.4, 0.5) is 4.79 Å². The van der Waals surface area contributed by atoms with Crippen LogP contribution < -0.4 is 16.2 Å². The van der Waals surface area contributed by atoms with Gasteiger partial charge in [0, 0.05) is 6.04 Å². The van der Waals surface area contributed by atoms with E-state index in [1.165, 1.54) is 7.11 Å². The van der Waals surface area contributed by atoms with Crippen LogP contribution in [0.15, 0.2) is 0 Å². The topological polar surface area (TPSA) is 96.5 Å². The van der Waals surface area contributed by atoms with Crippen LogP contribution in [0.1, 0.15) is 25.7 Å². The van der Waals surface area contributed by atoms with Gasteiger partial charge >= 0.3 is 12.0 Å². The third-order valence-corrected chi connectivity index (χ3v) is 2.84. The van der Waals surface area contributed by atoms with Gasteiger partial charge in [0.15, 0.2) is 0 Å². The summed E-state index contributed by atoms with van der Waals surface area (Å²) in [6.45, 7) is 0. The second-order valence-electron chi connectivity index (χ2n) is 3.93. The number of hydrogen-bond donors (Lipinski definition) is 3. The average Bonchev–Trinajstić information content (AvgIpc) is 2.36. The average molecular weight is 243 g/mol. The monoisotopic (exact) mass is 243 g/mol. The molecule has 17 heavy (non-hydrogen) atoms. The Labute approximate surface area is 99.2 Å². The summed E-state index contributed by atoms with van der Waals surface area (Å²) in [7, 11) is 1.38. The fraction of sp³-hybridized carbons (Fsp3) is 0.700. The minimum Gasteiger partial charge on any atom is -0.469 e. The van der Waals surface area contributed by atoms with Gasteiger partial charge in [0.1, 0.15) is 0 Å². The zero-order valence-corrected chi connectivity index (χ0v) is 9.69. The highest BCUT2D eigenvalue weighted by Crippen LogP contribution is 2.25. The summed E-state index contributed by atoms with van der Waals surface area (Å²) in [5.41, 5.74) is 4.22. The number of hydrazine groups is 1. The van der Waals surface area contributed by atoms with Crippen molar-refractivity contribution in [3.05, 3.63) is 0 Å². The smallest absolute Gasteiger partial charge is 0.333 e. The third kappa shape index (κ3) is 4.29. The minimum atomic E-state index is -0.446. The maximum absolute atomic E-state index is 11.3. The molecule has 1 aliphatic rings. The highest BCUT2D eigenvalue weighted by Gasteiger charge is 2.27. The Morgan fingerprint density at radius 2 is 1.88 bits per heavy atom. The Morgan fingerprint density at radius 1 is 1.24 bits per heavy atom. The fourth-order valence-electron chi connectivity index (χ4n) is 1.96. The van der Waals surface area contributed by atoms with Crippen LogP contribution >= 0.6 is 0 Å². The van der Waals surface area contributed by atoms with Crippen LogP contribution in [0.25, 0.3) is 0 Å². The van der Waals surface area contributed by atoms with E-state index < -0.39 is 6.03 Å². The van der Waals surface area contributed by atoms with Crippen LogP contribution in [0.3, 0.4) is 0 Å². The van der Waals surface area contributed by atoms with Gasteiger partial charge in [-0.15, -0.1) is 0 Å². The number of methoxy groups -OCH3 is 1. The standard InChI is InChI=1S/C10H17N3O4/c1-17-9(15)7-2-4-8(5-3-7)12-10(16)13-11-6-14/h6-8H,2-5H2,1H3,(H,11,14)(H2,12,13,16). The van der Waals surface area contributed by atoms with Crippen molar-refractivity contribution in [2.45, 2.75) is 31.7 Å². The third-order valence-electron chi connectivity index (χ3n) is 2.84. The van der Waals surface area contributed by atoms with E-state index in [0.29, 0.717) is 19.3 Å². The van der Waals surface area contributed by atoms with E-state index in [2.05, 4.69) is 20.9 Å². The molecule has 1 rings (SSSR count). The van der Waals surface area contributed by atoms with Gasteiger partial charge in [0.25, 0.3) is 0 Å². The van der Waals surface area contributed by atoms with Crippen molar-refractivity contribution in [1.82, 2.24) is 16.2 Å². The summed E-state index contributed by atoms with van der Waals surface area (Å²) in [6.07, 6.45) is 3.26. The molecule has 0 unspecified atom stereocenters. The van der Waals surface area contributed by atoms with Gasteiger partial charge in [-0.3, -0.25) is 15.0 Å². The van der Waals surface area contributed by atoms with Crippen molar-refractivity contribution in [2.75, 3.05) is 7.11 Å². The molecule has 0 saturated heterocycles. The lowest BCUT2D eigenvalue weighted by molar-refractivity contribution is -0.146. The molecule has 0 aromatic carbocycles. The van der Waals surface area contributed by atoms with Crippen molar-refractivity contribution >= 4 is 18.4 Å². The second kappa shape index (κ2) is 6.72. The maximum Gasteiger partial charge on any atom is 0.333 e. The van der Waals surface area contributed by atoms with Gasteiger partial charge in [-0.05, 0) is 25.7 Å². The van der Waals surface area contributed by atoms with E-state index in [1.807, 2.05) is 0 Å². The molecule has 96 valence electrons. The van der Waals surface area contributed by atoms with Crippen LogP contribution in [0.5, 0.6) is 0 Å². The molecule has 1 saturated carbocycles. The summed E-state index contributed by atoms with van der Waals surface area (Å²) in [5, 5.41) is 2.71. The molecule has 1 aliphatic carbocycles. The Balaban J connectivity index is 2.25. The van der Waals surface area contributed by atoms with Gasteiger partial charge in [-0.1, -0.05) is 0 Å². The van der Waals surface area contributed by atoms with E-state index in [4.69, 9.17) is 0 Å². The largest absolute Gasteiger partial charge is 0.469 e. The number of nitrogens with one attached hydrogen (secondary N) is 3. The van der Waals surface area contributed by atoms with Gasteiger partial charge < -0.3 is 10.1 Å². The molecular weight excluding hydrogens is 226 g/mol. The van der Waals surface area contributed by atoms with Gasteiger partial charge in [-0.25, -0.2) is 10.2 Å². The molecule has 7 heteroatoms. The number of carbonyl (C=O) groups is 3. The molecule has 0 aromatic rings. The molecule has 0 radical (unpaired) electrons. The molecule has 0 heterocycles. The number of amides is 3. The molecule has 0 bridgehead atoms. The van der Waals surface area contributed by atoms with Crippen LogP contribution in [0.2, 0.25) is 0 Å². The summed E-state index contributed by atoms with van der Waals surface area (Å²) < 4.78 is 4.67. The Kier molecular flexibility index (Phi) is 5.25. The quantitative estimate of drug-likeness (QED) is 0.358. The molecule has 3 amide bonds. The molecular formula is C10H17N3O4. The highest BCUT2D eigenvalue weighted by atomic mass is 16.5. The molecule has 7 nitrogen and oxygen atoms in total. The summed E-state index contributed by atoms with van der Waals surface area (Å²) >= 11 is 0. The van der Waals surface area contributed by atoms with E-state index in [1.54, 1.807) is 0 Å². The molecule has 0 atom stereocenters. The zero-order valence-electron chi connectivity index (χ0n) is 9.69. The van der Waals surface area contributed by atoms with Gasteiger partial charge in [0.05, 0.1) is 13.0 Å². The van der Waals surface area contributed by atoms with Crippen LogP contribution in [-0.2, 0) is 14.3 Å². The number of carbonyl (C=O) groups excluding carboxylic acids is 3. The van der Waals surface area contributed by atoms with Crippen LogP contribution in [-0.4, -0.2) is 31.6 Å². The zero-order chi connectivity index (χ0) is 12.7. The van der Waals surface area contributed by atoms with Crippen molar-refractivity contribution in [3.63, 3.8) is 0 Å². The predicted molar refractivity (Wildman–Crippen MR) is 58.6 cm³/mol. The number of ether oxygens (including phenoxy) is 1. The molecule has 1 fully saturated rings. The first kappa shape index (κ1) is 13.3. The molecule has 3 N–H and O–H groups in total. The first-order chi connectivity index (χ1) is 8.17. The van der Waals surface area contributed by atoms with Crippen molar-refractivity contribution < 1.29 is 19.1 Å². The lowest BCUT2D eigenvalue weighted by Crippen LogP contribution is -2.48. The lowest BCUT2D eigenvalue weighted by atomic mass is 9.86. The lowest BCUT2D eigenvalue weighted by Gasteiger charge is -2.27. The van der Waals surface area contributed by atoms with Crippen molar-refractivity contribution in [2.24, 2.45) is 5.92 Å². The normalized spacial score (nSPS) is 23.4. The second-order valence-corrected chi connectivity index (χ2v) is 3.93. The summed E-state index contributed by atoms with van der Waals surface area (Å²) in [4.78, 5) is 32.4. The van der Waals surface area contributed by atoms with Crippen molar-refractivity contribution in [1.29, 1.82) is 0 Å². The fourth-order valence-corrected chi connectivity index (χ4v) is 1.96. The number of esters is 1. The summed E-state index contributed by atoms with van der Waals surface area (Å²) in [6, 6.07) is -0.414. The van der Waals surface area contributed by atoms with Gasteiger partial charge in [-0.2, -0.15) is 0 Å². The SMILES string of the molecule is COC(=O)C1CCC(NC(=O)NNC=O)CC1. The highest BCUT2D eigenvalue weighted by molar-refractivity contribution is 5.75. The summed E-state index contributed by atoms with van der Waals surface area (Å²) in [5.74, 6) is -0.246. The van der Waals surface area contributed by atoms with Crippen LogP contribution in [0, 0.1) is 5.92 Å². The number of hydrogen-bond acceptors (Lipinski definition) is 4. The van der Waals surface area contributed by atoms with E-state index in [9.17, 15) is 14.4 Å². The van der Waals surface area contributed by atoms with E-state index in [-0.39, 0.29) is 17.9 Å². The molecule has 0 spiro atoms. The molecule has 0 aromatic heterocycles. The van der Waals surface area contributed by atoms with Gasteiger partial charge in [0.2, 0.25) is 6.41 Å². The van der Waals surface area contributed by atoms with E-state index >= 15 is 0 Å². The Hall–Kier alpha value is -1.79. The molecule has 0 aliphatic heterocycles. The van der Waals surface area contributed by atoms with E-state index in [0.717, 1.165) is 12.8 Å². The Morgan fingerprint density at radius 3 is 2.41 bits per heavy atom. The number of rotatable bonds is 4. The Bertz CT molecular complexity index is 287. The predicted octanol–water partition coefficient (Wildman–Crippen LogP) is -0.322. The first-order valence-corrected chi connectivity index (χ1v) is 5.51. The maximum atomic E-state index is 11.3.